The summed E-state index contributed by atoms with van der Waals surface area (Å²) in [7, 11) is 0. The summed E-state index contributed by atoms with van der Waals surface area (Å²) in [6.07, 6.45) is 0. The van der Waals surface area contributed by atoms with Gasteiger partial charge in [0.05, 0.1) is 11.3 Å². The minimum atomic E-state index is -0.451. The Labute approximate surface area is 140 Å². The van der Waals surface area contributed by atoms with Gasteiger partial charge in [-0.3, -0.25) is 4.79 Å². The van der Waals surface area contributed by atoms with Crippen LogP contribution in [0.1, 0.15) is 15.9 Å². The quantitative estimate of drug-likeness (QED) is 0.704. The lowest BCUT2D eigenvalue weighted by atomic mass is 10.1. The Hall–Kier alpha value is -1.63. The van der Waals surface area contributed by atoms with E-state index in [-0.39, 0.29) is 16.3 Å². The highest BCUT2D eigenvalue weighted by Gasteiger charge is 2.13. The molecule has 108 valence electrons. The number of thiocarbonyl (C=S) groups is 1. The van der Waals surface area contributed by atoms with E-state index < -0.39 is 5.91 Å². The van der Waals surface area contributed by atoms with Gasteiger partial charge in [-0.25, -0.2) is 0 Å². The summed E-state index contributed by atoms with van der Waals surface area (Å²) in [5.41, 5.74) is 6.89. The molecule has 0 saturated carbocycles. The van der Waals surface area contributed by atoms with Crippen molar-refractivity contribution < 1.29 is 9.90 Å². The summed E-state index contributed by atoms with van der Waals surface area (Å²) in [4.78, 5) is 12.4. The molecular formula is C14H10BrClN2O2S. The van der Waals surface area contributed by atoms with E-state index in [9.17, 15) is 9.90 Å². The number of aromatic hydroxyl groups is 1. The lowest BCUT2D eigenvalue weighted by Gasteiger charge is -2.10. The first kappa shape index (κ1) is 15.8. The number of halogens is 2. The molecule has 2 aromatic carbocycles. The number of hydrogen-bond acceptors (Lipinski definition) is 3. The highest BCUT2D eigenvalue weighted by atomic mass is 79.9. The average Bonchev–Trinajstić information content (AvgIpc) is 2.40. The van der Waals surface area contributed by atoms with Crippen LogP contribution < -0.4 is 11.1 Å². The third-order valence-corrected chi connectivity index (χ3v) is 3.83. The molecule has 0 aliphatic carbocycles. The van der Waals surface area contributed by atoms with E-state index in [2.05, 4.69) is 21.2 Å². The van der Waals surface area contributed by atoms with Crippen LogP contribution in [0.25, 0.3) is 0 Å². The van der Waals surface area contributed by atoms with Crippen LogP contribution in [0.4, 0.5) is 5.69 Å². The third-order valence-electron chi connectivity index (χ3n) is 2.71. The monoisotopic (exact) mass is 384 g/mol. The molecule has 0 aromatic heterocycles. The molecule has 0 aliphatic rings. The third kappa shape index (κ3) is 3.72. The first-order valence-corrected chi connectivity index (χ1v) is 7.35. The van der Waals surface area contributed by atoms with Gasteiger partial charge in [0.1, 0.15) is 10.7 Å². The minimum Gasteiger partial charge on any atom is -0.507 e. The SMILES string of the molecule is NC(=S)c1ccc(NC(=O)c2ccc(Cl)cc2O)c(Br)c1. The van der Waals surface area contributed by atoms with Crippen molar-refractivity contribution in [3.05, 3.63) is 57.0 Å². The molecule has 0 aliphatic heterocycles. The molecular weight excluding hydrogens is 376 g/mol. The second-order valence-electron chi connectivity index (χ2n) is 4.17. The number of anilines is 1. The van der Waals surface area contributed by atoms with Gasteiger partial charge in [-0.2, -0.15) is 0 Å². The van der Waals surface area contributed by atoms with E-state index in [1.807, 2.05) is 0 Å². The van der Waals surface area contributed by atoms with E-state index in [0.717, 1.165) is 0 Å². The molecule has 1 amide bonds. The van der Waals surface area contributed by atoms with Gasteiger partial charge in [-0.1, -0.05) is 23.8 Å². The second-order valence-corrected chi connectivity index (χ2v) is 5.91. The summed E-state index contributed by atoms with van der Waals surface area (Å²) in [5, 5.41) is 12.8. The minimum absolute atomic E-state index is 0.129. The highest BCUT2D eigenvalue weighted by Crippen LogP contribution is 2.27. The highest BCUT2D eigenvalue weighted by molar-refractivity contribution is 9.10. The smallest absolute Gasteiger partial charge is 0.259 e. The topological polar surface area (TPSA) is 75.3 Å². The van der Waals surface area contributed by atoms with Crippen LogP contribution in [0.5, 0.6) is 5.75 Å². The predicted octanol–water partition coefficient (Wildman–Crippen LogP) is 3.69. The standard InChI is InChI=1S/C14H10BrClN2O2S/c15-10-5-7(13(17)21)1-4-11(10)18-14(20)9-3-2-8(16)6-12(9)19/h1-6,19H,(H2,17,21)(H,18,20). The number of rotatable bonds is 3. The first-order valence-electron chi connectivity index (χ1n) is 5.77. The molecule has 4 nitrogen and oxygen atoms in total. The molecule has 0 unspecified atom stereocenters. The van der Waals surface area contributed by atoms with Crippen molar-refractivity contribution in [2.75, 3.05) is 5.32 Å². The van der Waals surface area contributed by atoms with Crippen molar-refractivity contribution in [3.63, 3.8) is 0 Å². The molecule has 0 heterocycles. The van der Waals surface area contributed by atoms with Crippen LogP contribution in [0.2, 0.25) is 5.02 Å². The summed E-state index contributed by atoms with van der Waals surface area (Å²) in [5.74, 6) is -0.635. The maximum absolute atomic E-state index is 12.1. The summed E-state index contributed by atoms with van der Waals surface area (Å²) in [6.45, 7) is 0. The maximum atomic E-state index is 12.1. The molecule has 4 N–H and O–H groups in total. The number of benzene rings is 2. The number of phenolic OH excluding ortho intramolecular Hbond substituents is 1. The molecule has 0 saturated heterocycles. The van der Waals surface area contributed by atoms with Crippen molar-refractivity contribution >= 4 is 56.3 Å². The van der Waals surface area contributed by atoms with Gasteiger partial charge >= 0.3 is 0 Å². The average molecular weight is 386 g/mol. The van der Waals surface area contributed by atoms with Gasteiger partial charge in [0, 0.05) is 15.1 Å². The largest absolute Gasteiger partial charge is 0.507 e. The maximum Gasteiger partial charge on any atom is 0.259 e. The van der Waals surface area contributed by atoms with E-state index >= 15 is 0 Å². The number of carbonyl (C=O) groups is 1. The van der Waals surface area contributed by atoms with Crippen molar-refractivity contribution in [3.8, 4) is 5.75 Å². The Bertz CT molecular complexity index is 737. The fourth-order valence-corrected chi connectivity index (χ4v) is 2.43. The Morgan fingerprint density at radius 2 is 2.00 bits per heavy atom. The van der Waals surface area contributed by atoms with Gasteiger partial charge in [0.2, 0.25) is 0 Å². The number of phenols is 1. The van der Waals surface area contributed by atoms with Crippen LogP contribution >= 0.6 is 39.7 Å². The molecule has 7 heteroatoms. The number of nitrogens with two attached hydrogens (primary N) is 1. The predicted molar refractivity (Wildman–Crippen MR) is 91.1 cm³/mol. The van der Waals surface area contributed by atoms with Crippen molar-refractivity contribution in [2.45, 2.75) is 0 Å². The fourth-order valence-electron chi connectivity index (χ4n) is 1.66. The zero-order chi connectivity index (χ0) is 15.6. The molecule has 0 spiro atoms. The molecule has 2 rings (SSSR count). The van der Waals surface area contributed by atoms with E-state index in [1.54, 1.807) is 18.2 Å². The zero-order valence-corrected chi connectivity index (χ0v) is 13.7. The molecule has 0 radical (unpaired) electrons. The number of carbonyl (C=O) groups excluding carboxylic acids is 1. The van der Waals surface area contributed by atoms with Gasteiger partial charge < -0.3 is 16.2 Å². The van der Waals surface area contributed by atoms with Gasteiger partial charge in [-0.15, -0.1) is 0 Å². The fraction of sp³-hybridized carbons (Fsp3) is 0. The molecule has 2 aromatic rings. The van der Waals surface area contributed by atoms with Gasteiger partial charge in [0.25, 0.3) is 5.91 Å². The number of amides is 1. The van der Waals surface area contributed by atoms with Crippen LogP contribution in [0, 0.1) is 0 Å². The van der Waals surface area contributed by atoms with Gasteiger partial charge in [0.15, 0.2) is 0 Å². The Kier molecular flexibility index (Phi) is 4.82. The normalized spacial score (nSPS) is 10.2. The molecule has 0 atom stereocenters. The second kappa shape index (κ2) is 6.43. The van der Waals surface area contributed by atoms with Crippen LogP contribution in [-0.4, -0.2) is 16.0 Å². The molecule has 21 heavy (non-hydrogen) atoms. The number of hydrogen-bond donors (Lipinski definition) is 3. The summed E-state index contributed by atoms with van der Waals surface area (Å²) < 4.78 is 0.634. The van der Waals surface area contributed by atoms with E-state index in [1.165, 1.54) is 18.2 Å². The van der Waals surface area contributed by atoms with Crippen LogP contribution in [0.15, 0.2) is 40.9 Å². The van der Waals surface area contributed by atoms with Crippen molar-refractivity contribution in [2.24, 2.45) is 5.73 Å². The summed E-state index contributed by atoms with van der Waals surface area (Å²) >= 11 is 13.9. The van der Waals surface area contributed by atoms with E-state index in [4.69, 9.17) is 29.6 Å². The first-order chi connectivity index (χ1) is 9.88. The lowest BCUT2D eigenvalue weighted by Crippen LogP contribution is -2.13. The van der Waals surface area contributed by atoms with Crippen LogP contribution in [0.3, 0.4) is 0 Å². The Balaban J connectivity index is 2.25. The van der Waals surface area contributed by atoms with Crippen molar-refractivity contribution in [1.29, 1.82) is 0 Å². The van der Waals surface area contributed by atoms with Crippen LogP contribution in [-0.2, 0) is 0 Å². The Morgan fingerprint density at radius 3 is 2.57 bits per heavy atom. The summed E-state index contributed by atoms with van der Waals surface area (Å²) in [6, 6.07) is 9.36. The number of nitrogens with one attached hydrogen (secondary N) is 1. The lowest BCUT2D eigenvalue weighted by molar-refractivity contribution is 0.102. The molecule has 0 bridgehead atoms. The van der Waals surface area contributed by atoms with Crippen molar-refractivity contribution in [1.82, 2.24) is 0 Å². The Morgan fingerprint density at radius 1 is 1.29 bits per heavy atom. The van der Waals surface area contributed by atoms with Gasteiger partial charge in [-0.05, 0) is 52.3 Å². The molecule has 0 fully saturated rings. The van der Waals surface area contributed by atoms with E-state index in [0.29, 0.717) is 20.7 Å². The zero-order valence-electron chi connectivity index (χ0n) is 10.6.